The van der Waals surface area contributed by atoms with Crippen molar-refractivity contribution in [1.82, 2.24) is 0 Å². The Bertz CT molecular complexity index is 477. The average Bonchev–Trinajstić information content (AvgIpc) is 2.95. The summed E-state index contributed by atoms with van der Waals surface area (Å²) in [6, 6.07) is 0. The summed E-state index contributed by atoms with van der Waals surface area (Å²) in [5, 5.41) is 0. The van der Waals surface area contributed by atoms with Crippen LogP contribution >= 0.6 is 0 Å². The summed E-state index contributed by atoms with van der Waals surface area (Å²) < 4.78 is 7.02. The molecule has 0 radical (unpaired) electrons. The van der Waals surface area contributed by atoms with Crippen molar-refractivity contribution in [1.29, 1.82) is 0 Å². The second-order valence-corrected chi connectivity index (χ2v) is 13.1. The van der Waals surface area contributed by atoms with Crippen LogP contribution in [0.1, 0.15) is 40.5 Å². The number of hydrogen-bond donors (Lipinski definition) is 0. The van der Waals surface area contributed by atoms with Gasteiger partial charge in [-0.1, -0.05) is 0 Å². The maximum Gasteiger partial charge on any atom is -1.00 e. The molecule has 1 fully saturated rings. The minimum absolute atomic E-state index is 0. The molecule has 0 saturated carbocycles. The maximum absolute atomic E-state index is 2.46. The molecular formula is C18H26Cl2Ti. The van der Waals surface area contributed by atoms with Crippen LogP contribution in [0.2, 0.25) is 9.45 Å². The fourth-order valence-electron chi connectivity index (χ4n) is 4.39. The van der Waals surface area contributed by atoms with Gasteiger partial charge in [0, 0.05) is 0 Å². The molecule has 3 aliphatic rings. The molecule has 0 bridgehead atoms. The minimum atomic E-state index is -1.84. The molecule has 0 amide bonds. The molecule has 3 rings (SSSR count). The fourth-order valence-corrected chi connectivity index (χ4v) is 14.3. The molecule has 1 heterocycles. The van der Waals surface area contributed by atoms with E-state index in [9.17, 15) is 0 Å². The molecule has 2 unspecified atom stereocenters. The third kappa shape index (κ3) is 3.02. The Morgan fingerprint density at radius 3 is 1.52 bits per heavy atom. The zero-order valence-corrected chi connectivity index (χ0v) is 16.6. The third-order valence-electron chi connectivity index (χ3n) is 5.32. The first kappa shape index (κ1) is 19.3. The minimum Gasteiger partial charge on any atom is -1.00 e. The standard InChI is InChI=1S/2C8H11.C2H4.2ClH.Ti/c2*1-3-8-5-4-7(2)6-8;1-2;;;/h2*4-5,7H,3H2,1-2H3;1-2H2;2*1H;/q;;;;;+2/p-2. The van der Waals surface area contributed by atoms with Gasteiger partial charge >= 0.3 is 122 Å². The normalized spacial score (nSPS) is 27.2. The SMILES string of the molecule is CCC1=[C]([Ti+2]2([C]3=C(CC)C=CC3C)[CH2][CH2]2)C(C)C=C1.[Cl-].[Cl-]. The molecule has 1 aliphatic heterocycles. The Balaban J connectivity index is 0.00000110. The molecule has 0 aromatic rings. The van der Waals surface area contributed by atoms with Gasteiger partial charge in [0.2, 0.25) is 0 Å². The van der Waals surface area contributed by atoms with Crippen LogP contribution in [0.25, 0.3) is 0 Å². The van der Waals surface area contributed by atoms with Crippen LogP contribution in [0, 0.1) is 11.8 Å². The van der Waals surface area contributed by atoms with Gasteiger partial charge in [-0.15, -0.1) is 0 Å². The molecule has 21 heavy (non-hydrogen) atoms. The zero-order chi connectivity index (χ0) is 13.6. The average molecular weight is 361 g/mol. The first-order valence-corrected chi connectivity index (χ1v) is 11.7. The molecule has 0 nitrogen and oxygen atoms in total. The molecule has 1 saturated heterocycles. The largest absolute Gasteiger partial charge is 1.00 e. The zero-order valence-electron chi connectivity index (χ0n) is 13.5. The summed E-state index contributed by atoms with van der Waals surface area (Å²) in [6.45, 7) is 9.53. The van der Waals surface area contributed by atoms with Gasteiger partial charge in [-0.3, -0.25) is 0 Å². The second-order valence-electron chi connectivity index (χ2n) is 6.46. The summed E-state index contributed by atoms with van der Waals surface area (Å²) in [6.07, 6.45) is 12.3. The molecule has 0 N–H and O–H groups in total. The summed E-state index contributed by atoms with van der Waals surface area (Å²) in [5.74, 6) is 1.46. The van der Waals surface area contributed by atoms with Crippen LogP contribution < -0.4 is 24.8 Å². The maximum atomic E-state index is 2.46. The molecule has 3 heteroatoms. The Kier molecular flexibility index (Phi) is 6.63. The molecule has 0 aromatic carbocycles. The Morgan fingerprint density at radius 1 is 0.857 bits per heavy atom. The van der Waals surface area contributed by atoms with E-state index in [4.69, 9.17) is 0 Å². The van der Waals surface area contributed by atoms with E-state index in [2.05, 4.69) is 52.0 Å². The van der Waals surface area contributed by atoms with Crippen molar-refractivity contribution >= 4 is 0 Å². The van der Waals surface area contributed by atoms with Crippen molar-refractivity contribution in [2.24, 2.45) is 11.8 Å². The van der Waals surface area contributed by atoms with Crippen LogP contribution in [0.15, 0.2) is 43.2 Å². The van der Waals surface area contributed by atoms with E-state index in [0.717, 1.165) is 11.8 Å². The van der Waals surface area contributed by atoms with Crippen LogP contribution in [0.3, 0.4) is 0 Å². The quantitative estimate of drug-likeness (QED) is 0.606. The summed E-state index contributed by atoms with van der Waals surface area (Å²) in [4.78, 5) is 0. The van der Waals surface area contributed by atoms with E-state index in [1.54, 1.807) is 20.6 Å². The van der Waals surface area contributed by atoms with Crippen molar-refractivity contribution in [2.75, 3.05) is 0 Å². The molecule has 0 aromatic heterocycles. The third-order valence-corrected chi connectivity index (χ3v) is 13.3. The van der Waals surface area contributed by atoms with E-state index in [-0.39, 0.29) is 24.8 Å². The fraction of sp³-hybridized carbons (Fsp3) is 0.556. The monoisotopic (exact) mass is 360 g/mol. The van der Waals surface area contributed by atoms with Gasteiger partial charge in [-0.25, -0.2) is 0 Å². The van der Waals surface area contributed by atoms with Gasteiger partial charge in [0.05, 0.1) is 0 Å². The van der Waals surface area contributed by atoms with Gasteiger partial charge in [-0.2, -0.15) is 0 Å². The van der Waals surface area contributed by atoms with E-state index >= 15 is 0 Å². The van der Waals surface area contributed by atoms with E-state index in [0.29, 0.717) is 0 Å². The second kappa shape index (κ2) is 7.22. The first-order chi connectivity index (χ1) is 9.14. The van der Waals surface area contributed by atoms with Crippen LogP contribution in [-0.4, -0.2) is 0 Å². The van der Waals surface area contributed by atoms with Gasteiger partial charge in [-0.05, 0) is 0 Å². The number of halogens is 2. The Morgan fingerprint density at radius 2 is 1.24 bits per heavy atom. The predicted octanol–water partition coefficient (Wildman–Crippen LogP) is -0.261. The van der Waals surface area contributed by atoms with Gasteiger partial charge < -0.3 is 24.8 Å². The number of hydrogen-bond acceptors (Lipinski definition) is 0. The molecular weight excluding hydrogens is 335 g/mol. The number of allylic oxidation sites excluding steroid dienone is 8. The summed E-state index contributed by atoms with van der Waals surface area (Å²) in [5.41, 5.74) is 3.40. The Labute approximate surface area is 146 Å². The topological polar surface area (TPSA) is 0 Å². The van der Waals surface area contributed by atoms with Crippen molar-refractivity contribution in [3.63, 3.8) is 0 Å². The summed E-state index contributed by atoms with van der Waals surface area (Å²) in [7, 11) is 0. The smallest absolute Gasteiger partial charge is 1.00 e. The van der Waals surface area contributed by atoms with Gasteiger partial charge in [0.15, 0.2) is 0 Å². The Hall–Kier alpha value is 0.254. The first-order valence-electron chi connectivity index (χ1n) is 7.97. The van der Waals surface area contributed by atoms with Crippen LogP contribution in [-0.2, 0) is 16.6 Å². The van der Waals surface area contributed by atoms with Crippen molar-refractivity contribution in [3.05, 3.63) is 43.2 Å². The van der Waals surface area contributed by atoms with E-state index in [1.165, 1.54) is 12.8 Å². The predicted molar refractivity (Wildman–Crippen MR) is 80.9 cm³/mol. The summed E-state index contributed by atoms with van der Waals surface area (Å²) >= 11 is -1.84. The van der Waals surface area contributed by atoms with Gasteiger partial charge in [0.1, 0.15) is 0 Å². The molecule has 2 atom stereocenters. The van der Waals surface area contributed by atoms with Gasteiger partial charge in [0.25, 0.3) is 0 Å². The van der Waals surface area contributed by atoms with Crippen molar-refractivity contribution in [2.45, 2.75) is 50.0 Å². The molecule has 2 aliphatic carbocycles. The molecule has 0 spiro atoms. The van der Waals surface area contributed by atoms with E-state index in [1.807, 2.05) is 7.76 Å². The number of rotatable bonds is 4. The van der Waals surface area contributed by atoms with Crippen molar-refractivity contribution in [3.8, 4) is 0 Å². The van der Waals surface area contributed by atoms with Crippen LogP contribution in [0.4, 0.5) is 0 Å². The molecule has 116 valence electrons. The van der Waals surface area contributed by atoms with E-state index < -0.39 is 16.6 Å². The van der Waals surface area contributed by atoms with Crippen LogP contribution in [0.5, 0.6) is 0 Å². The van der Waals surface area contributed by atoms with Crippen molar-refractivity contribution < 1.29 is 41.4 Å².